The van der Waals surface area contributed by atoms with Crippen molar-refractivity contribution >= 4 is 11.8 Å². The Morgan fingerprint density at radius 1 is 1.00 bits per heavy atom. The van der Waals surface area contributed by atoms with E-state index in [1.807, 2.05) is 43.3 Å². The fourth-order valence-corrected chi connectivity index (χ4v) is 5.62. The first kappa shape index (κ1) is 18.0. The van der Waals surface area contributed by atoms with Crippen LogP contribution in [0.2, 0.25) is 0 Å². The second-order valence-electron chi connectivity index (χ2n) is 8.31. The molecule has 2 aromatic rings. The molecule has 0 N–H and O–H groups in total. The fourth-order valence-electron chi connectivity index (χ4n) is 5.62. The summed E-state index contributed by atoms with van der Waals surface area (Å²) in [5.41, 5.74) is 0.947. The summed E-state index contributed by atoms with van der Waals surface area (Å²) in [5, 5.41) is 12.7. The molecule has 29 heavy (non-hydrogen) atoms. The van der Waals surface area contributed by atoms with E-state index in [4.69, 9.17) is 0 Å². The van der Waals surface area contributed by atoms with E-state index in [-0.39, 0.29) is 23.3 Å². The molecule has 1 saturated heterocycles. The molecule has 7 nitrogen and oxygen atoms in total. The normalized spacial score (nSPS) is 29.1. The Morgan fingerprint density at radius 2 is 1.55 bits per heavy atom. The van der Waals surface area contributed by atoms with Gasteiger partial charge in [0.2, 0.25) is 11.8 Å². The highest BCUT2D eigenvalue weighted by Gasteiger charge is 2.74. The van der Waals surface area contributed by atoms with Crippen LogP contribution >= 0.6 is 0 Å². The van der Waals surface area contributed by atoms with Gasteiger partial charge in [-0.25, -0.2) is 0 Å². The molecule has 0 unspecified atom stereocenters. The van der Waals surface area contributed by atoms with Crippen molar-refractivity contribution in [3.8, 4) is 0 Å². The van der Waals surface area contributed by atoms with Gasteiger partial charge in [0.1, 0.15) is 5.92 Å². The minimum atomic E-state index is -1.73. The van der Waals surface area contributed by atoms with Crippen molar-refractivity contribution in [2.75, 3.05) is 27.2 Å². The van der Waals surface area contributed by atoms with Crippen LogP contribution in [0.25, 0.3) is 0 Å². The number of rotatable bonds is 4. The van der Waals surface area contributed by atoms with Gasteiger partial charge in [-0.3, -0.25) is 24.6 Å². The average Bonchev–Trinajstić information content (AvgIpc) is 2.97. The quantitative estimate of drug-likeness (QED) is 0.451. The molecule has 1 aliphatic heterocycles. The van der Waals surface area contributed by atoms with Crippen LogP contribution in [0, 0.1) is 22.0 Å². The van der Waals surface area contributed by atoms with E-state index in [2.05, 4.69) is 0 Å². The zero-order valence-corrected chi connectivity index (χ0v) is 16.2. The van der Waals surface area contributed by atoms with Crippen molar-refractivity contribution in [2.24, 2.45) is 11.8 Å². The first-order valence-electron chi connectivity index (χ1n) is 9.74. The molecule has 1 heterocycles. The molecule has 2 aromatic carbocycles. The highest BCUT2D eigenvalue weighted by molar-refractivity contribution is 6.08. The molecule has 1 fully saturated rings. The molecule has 2 amide bonds. The van der Waals surface area contributed by atoms with Gasteiger partial charge in [0.15, 0.2) is 0 Å². The van der Waals surface area contributed by atoms with Gasteiger partial charge >= 0.3 is 0 Å². The minimum absolute atomic E-state index is 0.241. The van der Waals surface area contributed by atoms with Crippen LogP contribution in [0.3, 0.4) is 0 Å². The number of nitro groups is 1. The Labute approximate surface area is 168 Å². The first-order chi connectivity index (χ1) is 13.9. The summed E-state index contributed by atoms with van der Waals surface area (Å²) in [4.78, 5) is 42.4. The lowest BCUT2D eigenvalue weighted by Gasteiger charge is -2.48. The van der Waals surface area contributed by atoms with Crippen molar-refractivity contribution in [3.05, 3.63) is 80.9 Å². The van der Waals surface area contributed by atoms with E-state index in [0.29, 0.717) is 17.7 Å². The number of likely N-dealkylation sites (tertiary alicyclic amines) is 1. The Morgan fingerprint density at radius 3 is 2.07 bits per heavy atom. The van der Waals surface area contributed by atoms with Crippen molar-refractivity contribution in [2.45, 2.75) is 11.5 Å². The number of carbonyl (C=O) groups is 2. The number of benzene rings is 2. The smallest absolute Gasteiger partial charge is 0.284 e. The van der Waals surface area contributed by atoms with Crippen molar-refractivity contribution in [1.82, 2.24) is 9.80 Å². The number of likely N-dealkylation sites (N-methyl/N-ethyl adjacent to an activating group) is 1. The molecule has 7 heteroatoms. The maximum atomic E-state index is 13.5. The van der Waals surface area contributed by atoms with Crippen LogP contribution in [-0.2, 0) is 15.1 Å². The molecular formula is C22H21N3O4. The second kappa shape index (κ2) is 5.97. The third-order valence-corrected chi connectivity index (χ3v) is 6.72. The van der Waals surface area contributed by atoms with Gasteiger partial charge in [-0.15, -0.1) is 0 Å². The fraction of sp³-hybridized carbons (Fsp3) is 0.364. The molecule has 0 saturated carbocycles. The number of hydrogen-bond donors (Lipinski definition) is 0. The molecule has 148 valence electrons. The van der Waals surface area contributed by atoms with Crippen molar-refractivity contribution < 1.29 is 14.5 Å². The summed E-state index contributed by atoms with van der Waals surface area (Å²) < 4.78 is 0. The lowest BCUT2D eigenvalue weighted by molar-refractivity contribution is -0.578. The topological polar surface area (TPSA) is 83.8 Å². The molecule has 2 atom stereocenters. The summed E-state index contributed by atoms with van der Waals surface area (Å²) in [6.07, 6.45) is 0. The van der Waals surface area contributed by atoms with Gasteiger partial charge < -0.3 is 4.90 Å². The van der Waals surface area contributed by atoms with Gasteiger partial charge in [-0.2, -0.15) is 0 Å². The molecule has 2 bridgehead atoms. The number of nitrogens with zero attached hydrogens (tertiary/aromatic N) is 3. The maximum Gasteiger partial charge on any atom is 0.284 e. The highest BCUT2D eigenvalue weighted by Crippen LogP contribution is 2.64. The minimum Gasteiger partial charge on any atom is -0.308 e. The summed E-state index contributed by atoms with van der Waals surface area (Å²) in [6, 6.07) is 14.5. The first-order valence-corrected chi connectivity index (χ1v) is 9.74. The monoisotopic (exact) mass is 391 g/mol. The standard InChI is InChI=1S/C22H21N3O4/c1-23(2)11-12-24-20(26)18-17-13-7-3-5-9-15(13)22(25(28)29,19(18)21(24)27)16-10-6-4-8-14(16)17/h3-10,17-19H,11-12H2,1-2H3/t17?,18-,19+,22?/m0/s1. The van der Waals surface area contributed by atoms with Gasteiger partial charge in [0.05, 0.1) is 5.92 Å². The van der Waals surface area contributed by atoms with E-state index < -0.39 is 23.3 Å². The van der Waals surface area contributed by atoms with Gasteiger partial charge in [0.25, 0.3) is 5.54 Å². The summed E-state index contributed by atoms with van der Waals surface area (Å²) >= 11 is 0. The zero-order chi connectivity index (χ0) is 20.5. The molecule has 6 rings (SSSR count). The predicted octanol–water partition coefficient (Wildman–Crippen LogP) is 1.83. The number of imide groups is 1. The Bertz CT molecular complexity index is 1020. The summed E-state index contributed by atoms with van der Waals surface area (Å²) in [6.45, 7) is 0.762. The molecule has 4 aliphatic rings. The zero-order valence-electron chi connectivity index (χ0n) is 16.2. The Balaban J connectivity index is 1.79. The van der Waals surface area contributed by atoms with Crippen LogP contribution in [0.5, 0.6) is 0 Å². The lowest BCUT2D eigenvalue weighted by atomic mass is 9.51. The molecular weight excluding hydrogens is 370 g/mol. The third kappa shape index (κ3) is 2.05. The molecule has 0 spiro atoms. The highest BCUT2D eigenvalue weighted by atomic mass is 16.6. The van der Waals surface area contributed by atoms with Crippen molar-refractivity contribution in [1.29, 1.82) is 0 Å². The van der Waals surface area contributed by atoms with Crippen LogP contribution < -0.4 is 0 Å². The number of amides is 2. The lowest BCUT2D eigenvalue weighted by Crippen LogP contribution is -2.57. The summed E-state index contributed by atoms with van der Waals surface area (Å²) in [5.74, 6) is -2.80. The molecule has 0 aromatic heterocycles. The van der Waals surface area contributed by atoms with Crippen LogP contribution in [0.1, 0.15) is 28.2 Å². The number of hydrogen-bond acceptors (Lipinski definition) is 5. The molecule has 3 aliphatic carbocycles. The van der Waals surface area contributed by atoms with E-state index in [0.717, 1.165) is 11.1 Å². The summed E-state index contributed by atoms with van der Waals surface area (Å²) in [7, 11) is 3.73. The second-order valence-corrected chi connectivity index (χ2v) is 8.31. The predicted molar refractivity (Wildman–Crippen MR) is 105 cm³/mol. The Kier molecular flexibility index (Phi) is 3.70. The van der Waals surface area contributed by atoms with E-state index in [1.165, 1.54) is 4.90 Å². The van der Waals surface area contributed by atoms with Crippen LogP contribution in [0.15, 0.2) is 48.5 Å². The average molecular weight is 391 g/mol. The van der Waals surface area contributed by atoms with Gasteiger partial charge in [-0.1, -0.05) is 48.5 Å². The van der Waals surface area contributed by atoms with Crippen LogP contribution in [0.4, 0.5) is 0 Å². The van der Waals surface area contributed by atoms with E-state index in [9.17, 15) is 19.7 Å². The largest absolute Gasteiger partial charge is 0.308 e. The van der Waals surface area contributed by atoms with E-state index in [1.54, 1.807) is 24.3 Å². The molecule has 0 radical (unpaired) electrons. The van der Waals surface area contributed by atoms with Gasteiger partial charge in [-0.05, 0) is 25.2 Å². The van der Waals surface area contributed by atoms with Crippen molar-refractivity contribution in [3.63, 3.8) is 0 Å². The SMILES string of the molecule is CN(C)CCN1C(=O)[C@H]2C3c4ccccc4C([N+](=O)[O-])(c4ccccc43)[C@H]2C1=O. The Hall–Kier alpha value is -3.06. The van der Waals surface area contributed by atoms with Gasteiger partial charge in [0, 0.05) is 35.1 Å². The third-order valence-electron chi connectivity index (χ3n) is 6.72. The van der Waals surface area contributed by atoms with E-state index >= 15 is 0 Å². The number of carbonyl (C=O) groups excluding carboxylic acids is 2. The maximum absolute atomic E-state index is 13.5. The van der Waals surface area contributed by atoms with Crippen LogP contribution in [-0.4, -0.2) is 53.7 Å².